The maximum atomic E-state index is 12.8. The van der Waals surface area contributed by atoms with Crippen molar-refractivity contribution in [3.63, 3.8) is 0 Å². The van der Waals surface area contributed by atoms with E-state index >= 15 is 0 Å². The Kier molecular flexibility index (Phi) is 4.42. The molecule has 1 aliphatic rings. The predicted octanol–water partition coefficient (Wildman–Crippen LogP) is 1.83. The Balaban J connectivity index is 1.87. The topological polar surface area (TPSA) is 63.2 Å². The van der Waals surface area contributed by atoms with E-state index in [4.69, 9.17) is 0 Å². The summed E-state index contributed by atoms with van der Waals surface area (Å²) in [6, 6.07) is 5.73. The minimum atomic E-state index is -2.95. The predicted molar refractivity (Wildman–Crippen MR) is 74.3 cm³/mol. The summed E-state index contributed by atoms with van der Waals surface area (Å²) in [5.41, 5.74) is 0.818. The number of sulfone groups is 1. The summed E-state index contributed by atoms with van der Waals surface area (Å²) in [5, 5.41) is 2.81. The molecule has 0 aromatic heterocycles. The molecule has 1 aromatic carbocycles. The number of hydrogen-bond acceptors (Lipinski definition) is 3. The molecule has 1 amide bonds. The summed E-state index contributed by atoms with van der Waals surface area (Å²) in [6.45, 7) is 1.82. The minimum absolute atomic E-state index is 0.0829. The molecule has 0 saturated carbocycles. The van der Waals surface area contributed by atoms with E-state index in [1.165, 1.54) is 12.1 Å². The van der Waals surface area contributed by atoms with Gasteiger partial charge in [-0.3, -0.25) is 4.79 Å². The first-order valence-electron chi connectivity index (χ1n) is 6.61. The standard InChI is InChI=1S/C14H18FNO3S/c1-10(12-2-4-13(15)5-3-12)16-14(17)8-11-6-7-20(18,19)9-11/h2-5,10-11H,6-9H2,1H3,(H,16,17). The van der Waals surface area contributed by atoms with Gasteiger partial charge in [0.05, 0.1) is 17.5 Å². The fraction of sp³-hybridized carbons (Fsp3) is 0.500. The average molecular weight is 299 g/mol. The second-order valence-electron chi connectivity index (χ2n) is 5.31. The van der Waals surface area contributed by atoms with Crippen LogP contribution in [0.1, 0.15) is 31.4 Å². The lowest BCUT2D eigenvalue weighted by Gasteiger charge is -2.15. The van der Waals surface area contributed by atoms with Crippen molar-refractivity contribution < 1.29 is 17.6 Å². The molecule has 0 radical (unpaired) electrons. The van der Waals surface area contributed by atoms with Crippen molar-refractivity contribution in [2.45, 2.75) is 25.8 Å². The van der Waals surface area contributed by atoms with Gasteiger partial charge in [-0.1, -0.05) is 12.1 Å². The molecule has 0 spiro atoms. The number of carbonyl (C=O) groups excluding carboxylic acids is 1. The highest BCUT2D eigenvalue weighted by atomic mass is 32.2. The van der Waals surface area contributed by atoms with E-state index in [9.17, 15) is 17.6 Å². The summed E-state index contributed by atoms with van der Waals surface area (Å²) in [5.74, 6) is -0.281. The molecule has 1 aromatic rings. The van der Waals surface area contributed by atoms with Crippen LogP contribution in [0.2, 0.25) is 0 Å². The van der Waals surface area contributed by atoms with Gasteiger partial charge in [0, 0.05) is 6.42 Å². The second-order valence-corrected chi connectivity index (χ2v) is 7.54. The Morgan fingerprint density at radius 2 is 2.05 bits per heavy atom. The van der Waals surface area contributed by atoms with Crippen LogP contribution in [-0.4, -0.2) is 25.8 Å². The van der Waals surface area contributed by atoms with Crippen LogP contribution in [0, 0.1) is 11.7 Å². The lowest BCUT2D eigenvalue weighted by Crippen LogP contribution is -2.28. The highest BCUT2D eigenvalue weighted by Crippen LogP contribution is 2.22. The molecule has 1 saturated heterocycles. The number of benzene rings is 1. The maximum Gasteiger partial charge on any atom is 0.220 e. The normalized spacial score (nSPS) is 22.4. The number of amides is 1. The van der Waals surface area contributed by atoms with Crippen molar-refractivity contribution in [2.75, 3.05) is 11.5 Å². The molecule has 2 rings (SSSR count). The van der Waals surface area contributed by atoms with Gasteiger partial charge in [0.25, 0.3) is 0 Å². The van der Waals surface area contributed by atoms with Gasteiger partial charge in [0.15, 0.2) is 9.84 Å². The van der Waals surface area contributed by atoms with Crippen LogP contribution in [0.3, 0.4) is 0 Å². The molecule has 1 heterocycles. The second kappa shape index (κ2) is 5.91. The Morgan fingerprint density at radius 3 is 2.60 bits per heavy atom. The SMILES string of the molecule is CC(NC(=O)CC1CCS(=O)(=O)C1)c1ccc(F)cc1. The Morgan fingerprint density at radius 1 is 1.40 bits per heavy atom. The van der Waals surface area contributed by atoms with Gasteiger partial charge < -0.3 is 5.32 Å². The van der Waals surface area contributed by atoms with Gasteiger partial charge in [0.1, 0.15) is 5.82 Å². The summed E-state index contributed by atoms with van der Waals surface area (Å²) in [6.07, 6.45) is 0.783. The lowest BCUT2D eigenvalue weighted by molar-refractivity contribution is -0.122. The molecule has 4 nitrogen and oxygen atoms in total. The van der Waals surface area contributed by atoms with Crippen molar-refractivity contribution in [3.05, 3.63) is 35.6 Å². The van der Waals surface area contributed by atoms with E-state index in [1.54, 1.807) is 12.1 Å². The van der Waals surface area contributed by atoms with Crippen LogP contribution in [0.5, 0.6) is 0 Å². The van der Waals surface area contributed by atoms with Gasteiger partial charge in [-0.05, 0) is 37.0 Å². The van der Waals surface area contributed by atoms with Gasteiger partial charge in [0.2, 0.25) is 5.91 Å². The highest BCUT2D eigenvalue weighted by Gasteiger charge is 2.29. The van der Waals surface area contributed by atoms with Gasteiger partial charge >= 0.3 is 0 Å². The number of hydrogen-bond donors (Lipinski definition) is 1. The van der Waals surface area contributed by atoms with Gasteiger partial charge in [-0.2, -0.15) is 0 Å². The highest BCUT2D eigenvalue weighted by molar-refractivity contribution is 7.91. The number of carbonyl (C=O) groups is 1. The fourth-order valence-electron chi connectivity index (χ4n) is 2.43. The van der Waals surface area contributed by atoms with E-state index in [0.717, 1.165) is 5.56 Å². The van der Waals surface area contributed by atoms with Crippen molar-refractivity contribution in [2.24, 2.45) is 5.92 Å². The molecule has 1 fully saturated rings. The maximum absolute atomic E-state index is 12.8. The van der Waals surface area contributed by atoms with Crippen molar-refractivity contribution in [3.8, 4) is 0 Å². The van der Waals surface area contributed by atoms with Crippen molar-refractivity contribution in [1.82, 2.24) is 5.32 Å². The monoisotopic (exact) mass is 299 g/mol. The molecule has 0 bridgehead atoms. The van der Waals surface area contributed by atoms with E-state index in [-0.39, 0.29) is 41.6 Å². The molecule has 1 N–H and O–H groups in total. The number of nitrogens with one attached hydrogen (secondary N) is 1. The zero-order valence-corrected chi connectivity index (χ0v) is 12.1. The molecule has 0 aliphatic carbocycles. The summed E-state index contributed by atoms with van der Waals surface area (Å²) < 4.78 is 35.5. The van der Waals surface area contributed by atoms with E-state index in [0.29, 0.717) is 6.42 Å². The first-order valence-corrected chi connectivity index (χ1v) is 8.43. The third-order valence-electron chi connectivity index (χ3n) is 3.55. The van der Waals surface area contributed by atoms with Crippen LogP contribution >= 0.6 is 0 Å². The van der Waals surface area contributed by atoms with E-state index in [2.05, 4.69) is 5.32 Å². The molecule has 6 heteroatoms. The Labute approximate surface area is 118 Å². The zero-order valence-electron chi connectivity index (χ0n) is 11.3. The Bertz CT molecular complexity index is 583. The fourth-order valence-corrected chi connectivity index (χ4v) is 4.29. The molecule has 1 aliphatic heterocycles. The molecular weight excluding hydrogens is 281 g/mol. The molecule has 20 heavy (non-hydrogen) atoms. The molecule has 2 atom stereocenters. The van der Waals surface area contributed by atoms with Crippen LogP contribution in [-0.2, 0) is 14.6 Å². The first-order chi connectivity index (χ1) is 9.35. The third-order valence-corrected chi connectivity index (χ3v) is 5.39. The quantitative estimate of drug-likeness (QED) is 0.922. The van der Waals surface area contributed by atoms with E-state index in [1.807, 2.05) is 6.92 Å². The largest absolute Gasteiger partial charge is 0.350 e. The Hall–Kier alpha value is -1.43. The molecule has 2 unspecified atom stereocenters. The average Bonchev–Trinajstić information content (AvgIpc) is 2.69. The van der Waals surface area contributed by atoms with Gasteiger partial charge in [-0.25, -0.2) is 12.8 Å². The summed E-state index contributed by atoms with van der Waals surface area (Å²) in [4.78, 5) is 11.9. The third kappa shape index (κ3) is 4.03. The van der Waals surface area contributed by atoms with Crippen LogP contribution in [0.4, 0.5) is 4.39 Å². The van der Waals surface area contributed by atoms with Crippen LogP contribution in [0.15, 0.2) is 24.3 Å². The summed E-state index contributed by atoms with van der Waals surface area (Å²) in [7, 11) is -2.95. The van der Waals surface area contributed by atoms with Crippen LogP contribution in [0.25, 0.3) is 0 Å². The molecule has 110 valence electrons. The summed E-state index contributed by atoms with van der Waals surface area (Å²) >= 11 is 0. The van der Waals surface area contributed by atoms with Crippen molar-refractivity contribution in [1.29, 1.82) is 0 Å². The van der Waals surface area contributed by atoms with Gasteiger partial charge in [-0.15, -0.1) is 0 Å². The smallest absolute Gasteiger partial charge is 0.220 e. The van der Waals surface area contributed by atoms with Crippen molar-refractivity contribution >= 4 is 15.7 Å². The number of rotatable bonds is 4. The molecular formula is C14H18FNO3S. The zero-order chi connectivity index (χ0) is 14.8. The van der Waals surface area contributed by atoms with Crippen LogP contribution < -0.4 is 5.32 Å². The first kappa shape index (κ1) is 15.0. The lowest BCUT2D eigenvalue weighted by atomic mass is 10.0. The minimum Gasteiger partial charge on any atom is -0.350 e. The number of halogens is 1. The van der Waals surface area contributed by atoms with E-state index < -0.39 is 9.84 Å².